The fourth-order valence-electron chi connectivity index (χ4n) is 1.25. The van der Waals surface area contributed by atoms with Crippen molar-refractivity contribution in [1.82, 2.24) is 0 Å². The van der Waals surface area contributed by atoms with Crippen molar-refractivity contribution in [3.8, 4) is 0 Å². The molecule has 1 unspecified atom stereocenters. The molecule has 4 nitrogen and oxygen atoms in total. The van der Waals surface area contributed by atoms with Gasteiger partial charge in [0.15, 0.2) is 0 Å². The predicted molar refractivity (Wildman–Crippen MR) is 58.6 cm³/mol. The smallest absolute Gasteiger partial charge is 0.756 e. The second kappa shape index (κ2) is 12.2. The van der Waals surface area contributed by atoms with Gasteiger partial charge in [-0.1, -0.05) is 39.0 Å². The number of hydrogen-bond acceptors (Lipinski definition) is 4. The Morgan fingerprint density at radius 2 is 1.56 bits per heavy atom. The largest absolute Gasteiger partial charge is 1.00 e. The molecule has 16 heavy (non-hydrogen) atoms. The molecular weight excluding hydrogens is 222 g/mol. The van der Waals surface area contributed by atoms with Gasteiger partial charge < -0.3 is 13.9 Å². The van der Waals surface area contributed by atoms with Crippen LogP contribution in [0.5, 0.6) is 0 Å². The number of phosphoric ester groups is 1. The molecule has 0 spiro atoms. The molecule has 0 aromatic rings. The summed E-state index contributed by atoms with van der Waals surface area (Å²) < 4.78 is 20.1. The van der Waals surface area contributed by atoms with E-state index in [4.69, 9.17) is 0 Å². The quantitative estimate of drug-likeness (QED) is 0.305. The molecule has 0 aromatic carbocycles. The molecule has 0 fully saturated rings. The Morgan fingerprint density at radius 3 is 2.12 bits per heavy atom. The topological polar surface area (TPSA) is 58.6 Å². The fourth-order valence-corrected chi connectivity index (χ4v) is 2.00. The molecule has 0 amide bonds. The van der Waals surface area contributed by atoms with E-state index in [1.807, 2.05) is 0 Å². The van der Waals surface area contributed by atoms with E-state index in [1.54, 1.807) is 6.92 Å². The predicted octanol–water partition coefficient (Wildman–Crippen LogP) is -0.128. The van der Waals surface area contributed by atoms with Crippen molar-refractivity contribution in [2.75, 3.05) is 13.2 Å². The van der Waals surface area contributed by atoms with Crippen LogP contribution in [0.3, 0.4) is 0 Å². The summed E-state index contributed by atoms with van der Waals surface area (Å²) in [4.78, 5) is 10.9. The van der Waals surface area contributed by atoms with Gasteiger partial charge in [0.05, 0.1) is 13.2 Å². The van der Waals surface area contributed by atoms with Gasteiger partial charge in [-0.2, -0.15) is 0 Å². The fraction of sp³-hybridized carbons (Fsp3) is 1.00. The summed E-state index contributed by atoms with van der Waals surface area (Å²) in [5, 5.41) is 0. The van der Waals surface area contributed by atoms with Crippen LogP contribution in [0.25, 0.3) is 0 Å². The Morgan fingerprint density at radius 1 is 1.00 bits per heavy atom. The monoisotopic (exact) mass is 244 g/mol. The van der Waals surface area contributed by atoms with Crippen molar-refractivity contribution < 1.29 is 37.4 Å². The first-order valence-electron chi connectivity index (χ1n) is 5.72. The van der Waals surface area contributed by atoms with E-state index in [-0.39, 0.29) is 32.1 Å². The van der Waals surface area contributed by atoms with Crippen LogP contribution >= 0.6 is 7.82 Å². The molecule has 6 heteroatoms. The molecule has 0 aromatic heterocycles. The molecule has 1 atom stereocenters. The summed E-state index contributed by atoms with van der Waals surface area (Å²) >= 11 is 0. The first kappa shape index (κ1) is 19.1. The first-order chi connectivity index (χ1) is 7.12. The summed E-state index contributed by atoms with van der Waals surface area (Å²) in [6.45, 7) is 4.17. The van der Waals surface area contributed by atoms with Gasteiger partial charge in [0.25, 0.3) is 7.82 Å². The molecular formula is C10H22LiO4P. The van der Waals surface area contributed by atoms with Gasteiger partial charge in [-0.15, -0.1) is 0 Å². The molecule has 0 radical (unpaired) electrons. The Bertz CT molecular complexity index is 190. The summed E-state index contributed by atoms with van der Waals surface area (Å²) in [6.07, 6.45) is 6.64. The third kappa shape index (κ3) is 12.8. The second-order valence-electron chi connectivity index (χ2n) is 3.47. The van der Waals surface area contributed by atoms with Gasteiger partial charge in [-0.05, 0) is 13.3 Å². The van der Waals surface area contributed by atoms with Gasteiger partial charge in [0.1, 0.15) is 0 Å². The molecule has 0 heterocycles. The Balaban J connectivity index is 0. The zero-order valence-electron chi connectivity index (χ0n) is 10.7. The van der Waals surface area contributed by atoms with Crippen molar-refractivity contribution in [3.63, 3.8) is 0 Å². The van der Waals surface area contributed by atoms with E-state index >= 15 is 0 Å². The summed E-state index contributed by atoms with van der Waals surface area (Å²) in [5.74, 6) is 0. The number of unbranched alkanes of at least 4 members (excludes halogenated alkanes) is 5. The van der Waals surface area contributed by atoms with Gasteiger partial charge in [-0.3, -0.25) is 4.57 Å². The van der Waals surface area contributed by atoms with Crippen LogP contribution in [-0.4, -0.2) is 13.2 Å². The zero-order chi connectivity index (χ0) is 11.6. The zero-order valence-corrected chi connectivity index (χ0v) is 11.6. The van der Waals surface area contributed by atoms with Crippen molar-refractivity contribution in [1.29, 1.82) is 0 Å². The minimum atomic E-state index is -4.00. The van der Waals surface area contributed by atoms with E-state index in [2.05, 4.69) is 16.0 Å². The Kier molecular flexibility index (Phi) is 14.5. The summed E-state index contributed by atoms with van der Waals surface area (Å²) in [6, 6.07) is 0. The standard InChI is InChI=1S/C10H23O4P.Li/c1-3-5-6-7-8-9-10-14-15(11,12)13-4-2;/h3-10H2,1-2H3,(H,11,12);/q;+1/p-1. The molecule has 0 bridgehead atoms. The van der Waals surface area contributed by atoms with Crippen molar-refractivity contribution >= 4 is 7.82 Å². The van der Waals surface area contributed by atoms with E-state index in [0.29, 0.717) is 0 Å². The van der Waals surface area contributed by atoms with Crippen LogP contribution in [0.2, 0.25) is 0 Å². The SMILES string of the molecule is CCCCCCCCOP(=O)([O-])OCC.[Li+]. The summed E-state index contributed by atoms with van der Waals surface area (Å²) in [5.41, 5.74) is 0. The number of phosphoric acid groups is 1. The van der Waals surface area contributed by atoms with Crippen LogP contribution < -0.4 is 23.8 Å². The van der Waals surface area contributed by atoms with Gasteiger partial charge >= 0.3 is 18.9 Å². The van der Waals surface area contributed by atoms with Gasteiger partial charge in [0, 0.05) is 0 Å². The maximum atomic E-state index is 10.9. The van der Waals surface area contributed by atoms with Gasteiger partial charge in [0.2, 0.25) is 0 Å². The molecule has 0 aliphatic carbocycles. The second-order valence-corrected chi connectivity index (χ2v) is 4.88. The van der Waals surface area contributed by atoms with Crippen molar-refractivity contribution in [2.24, 2.45) is 0 Å². The summed E-state index contributed by atoms with van der Waals surface area (Å²) in [7, 11) is -4.00. The van der Waals surface area contributed by atoms with Crippen LogP contribution in [0.1, 0.15) is 52.4 Å². The van der Waals surface area contributed by atoms with Crippen LogP contribution in [-0.2, 0) is 13.6 Å². The maximum absolute atomic E-state index is 10.9. The molecule has 0 aliphatic rings. The third-order valence-electron chi connectivity index (χ3n) is 2.03. The van der Waals surface area contributed by atoms with Crippen molar-refractivity contribution in [2.45, 2.75) is 52.4 Å². The molecule has 0 aliphatic heterocycles. The van der Waals surface area contributed by atoms with E-state index in [9.17, 15) is 9.46 Å². The molecule has 92 valence electrons. The molecule has 0 saturated heterocycles. The average molecular weight is 244 g/mol. The first-order valence-corrected chi connectivity index (χ1v) is 7.18. The number of rotatable bonds is 10. The van der Waals surface area contributed by atoms with E-state index in [1.165, 1.54) is 19.3 Å². The molecule has 0 rings (SSSR count). The number of hydrogen-bond donors (Lipinski definition) is 0. The molecule has 0 saturated carbocycles. The Hall–Kier alpha value is 0.707. The minimum absolute atomic E-state index is 0. The third-order valence-corrected chi connectivity index (χ3v) is 3.11. The maximum Gasteiger partial charge on any atom is 1.00 e. The minimum Gasteiger partial charge on any atom is -0.756 e. The van der Waals surface area contributed by atoms with Gasteiger partial charge in [-0.25, -0.2) is 0 Å². The van der Waals surface area contributed by atoms with Crippen LogP contribution in [0, 0.1) is 0 Å². The average Bonchev–Trinajstić information content (AvgIpc) is 2.16. The normalized spacial score (nSPS) is 14.2. The van der Waals surface area contributed by atoms with E-state index < -0.39 is 7.82 Å². The van der Waals surface area contributed by atoms with E-state index in [0.717, 1.165) is 19.3 Å². The Labute approximate surface area is 111 Å². The van der Waals surface area contributed by atoms with Crippen LogP contribution in [0.4, 0.5) is 0 Å². The molecule has 0 N–H and O–H groups in total. The van der Waals surface area contributed by atoms with Crippen LogP contribution in [0.15, 0.2) is 0 Å². The van der Waals surface area contributed by atoms with Crippen molar-refractivity contribution in [3.05, 3.63) is 0 Å².